The molecule has 0 aliphatic carbocycles. The second-order valence-electron chi connectivity index (χ2n) is 1.80. The van der Waals surface area contributed by atoms with Gasteiger partial charge in [-0.1, -0.05) is 6.58 Å². The highest BCUT2D eigenvalue weighted by atomic mass is 15.2. The molecule has 0 aromatic heterocycles. The van der Waals surface area contributed by atoms with Crippen LogP contribution in [0, 0.1) is 0 Å². The Labute approximate surface area is 49.5 Å². The minimum absolute atomic E-state index is 0.928. The molecule has 44 valence electrons. The Hall–Kier alpha value is -0.790. The molecule has 1 rings (SSSR count). The molecule has 1 aliphatic rings. The quantitative estimate of drug-likeness (QED) is 0.489. The smallest absolute Gasteiger partial charge is 0.0998 e. The highest BCUT2D eigenvalue weighted by molar-refractivity contribution is 5.81. The van der Waals surface area contributed by atoms with E-state index in [-0.39, 0.29) is 0 Å². The first kappa shape index (κ1) is 5.35. The van der Waals surface area contributed by atoms with Crippen LogP contribution in [0.15, 0.2) is 17.8 Å². The zero-order valence-corrected chi connectivity index (χ0v) is 5.09. The van der Waals surface area contributed by atoms with Crippen LogP contribution in [0.2, 0.25) is 0 Å². The fourth-order valence-electron chi connectivity index (χ4n) is 0.796. The standard InChI is InChI=1S/C6H10N2/c1-3-8-5-4-7-6(8)2/h3H,1,4-5H2,2H3. The minimum atomic E-state index is 0.928. The first-order valence-corrected chi connectivity index (χ1v) is 2.75. The summed E-state index contributed by atoms with van der Waals surface area (Å²) in [4.78, 5) is 6.20. The van der Waals surface area contributed by atoms with E-state index in [1.54, 1.807) is 0 Å². The Morgan fingerprint density at radius 3 is 2.88 bits per heavy atom. The Bertz CT molecular complexity index is 126. The van der Waals surface area contributed by atoms with Crippen LogP contribution in [-0.2, 0) is 0 Å². The van der Waals surface area contributed by atoms with Crippen LogP contribution in [0.5, 0.6) is 0 Å². The summed E-state index contributed by atoms with van der Waals surface area (Å²) < 4.78 is 0. The van der Waals surface area contributed by atoms with Crippen LogP contribution in [-0.4, -0.2) is 23.8 Å². The molecule has 8 heavy (non-hydrogen) atoms. The molecular formula is C6H10N2. The van der Waals surface area contributed by atoms with Crippen LogP contribution in [0.25, 0.3) is 0 Å². The zero-order valence-electron chi connectivity index (χ0n) is 5.09. The lowest BCUT2D eigenvalue weighted by atomic mass is 10.5. The SMILES string of the molecule is C=CN1CCN=C1C. The van der Waals surface area contributed by atoms with Gasteiger partial charge in [0.1, 0.15) is 0 Å². The van der Waals surface area contributed by atoms with Gasteiger partial charge in [-0.2, -0.15) is 0 Å². The first-order valence-electron chi connectivity index (χ1n) is 2.75. The largest absolute Gasteiger partial charge is 0.336 e. The number of aliphatic imine (C=N–C) groups is 1. The molecule has 0 spiro atoms. The van der Waals surface area contributed by atoms with Gasteiger partial charge in [0.15, 0.2) is 0 Å². The van der Waals surface area contributed by atoms with Crippen LogP contribution in [0.3, 0.4) is 0 Å². The number of hydrogen-bond acceptors (Lipinski definition) is 2. The van der Waals surface area contributed by atoms with Gasteiger partial charge in [0.2, 0.25) is 0 Å². The molecule has 1 aliphatic heterocycles. The van der Waals surface area contributed by atoms with Crippen molar-refractivity contribution in [2.75, 3.05) is 13.1 Å². The summed E-state index contributed by atoms with van der Waals surface area (Å²) in [5.74, 6) is 1.08. The summed E-state index contributed by atoms with van der Waals surface area (Å²) in [7, 11) is 0. The molecule has 0 atom stereocenters. The predicted octanol–water partition coefficient (Wildman–Crippen LogP) is 0.864. The molecular weight excluding hydrogens is 100 g/mol. The lowest BCUT2D eigenvalue weighted by molar-refractivity contribution is 0.610. The van der Waals surface area contributed by atoms with Crippen molar-refractivity contribution in [3.05, 3.63) is 12.8 Å². The van der Waals surface area contributed by atoms with E-state index in [1.165, 1.54) is 0 Å². The van der Waals surface area contributed by atoms with Crippen molar-refractivity contribution < 1.29 is 0 Å². The monoisotopic (exact) mass is 110 g/mol. The summed E-state index contributed by atoms with van der Waals surface area (Å²) in [5, 5.41) is 0. The van der Waals surface area contributed by atoms with Crippen molar-refractivity contribution in [1.29, 1.82) is 0 Å². The van der Waals surface area contributed by atoms with Gasteiger partial charge in [-0.25, -0.2) is 0 Å². The number of rotatable bonds is 1. The van der Waals surface area contributed by atoms with Gasteiger partial charge in [0, 0.05) is 6.54 Å². The highest BCUT2D eigenvalue weighted by Crippen LogP contribution is 1.99. The maximum absolute atomic E-state index is 4.16. The number of amidine groups is 1. The van der Waals surface area contributed by atoms with Crippen molar-refractivity contribution in [2.24, 2.45) is 4.99 Å². The summed E-state index contributed by atoms with van der Waals surface area (Å²) >= 11 is 0. The number of nitrogens with zero attached hydrogens (tertiary/aromatic N) is 2. The van der Waals surface area contributed by atoms with E-state index >= 15 is 0 Å². The van der Waals surface area contributed by atoms with Crippen LogP contribution >= 0.6 is 0 Å². The summed E-state index contributed by atoms with van der Waals surface area (Å²) in [5.41, 5.74) is 0. The Balaban J connectivity index is 2.58. The summed E-state index contributed by atoms with van der Waals surface area (Å²) in [6.07, 6.45) is 1.81. The Kier molecular flexibility index (Phi) is 1.33. The molecule has 0 aromatic rings. The van der Waals surface area contributed by atoms with Crippen molar-refractivity contribution in [1.82, 2.24) is 4.90 Å². The van der Waals surface area contributed by atoms with E-state index in [0.717, 1.165) is 18.9 Å². The molecule has 2 heteroatoms. The van der Waals surface area contributed by atoms with Gasteiger partial charge < -0.3 is 4.90 Å². The molecule has 0 unspecified atom stereocenters. The Morgan fingerprint density at radius 2 is 2.62 bits per heavy atom. The third kappa shape index (κ3) is 0.735. The highest BCUT2D eigenvalue weighted by Gasteiger charge is 2.06. The first-order chi connectivity index (χ1) is 3.84. The van der Waals surface area contributed by atoms with Gasteiger partial charge in [-0.3, -0.25) is 4.99 Å². The van der Waals surface area contributed by atoms with E-state index in [1.807, 2.05) is 18.0 Å². The van der Waals surface area contributed by atoms with E-state index in [2.05, 4.69) is 11.6 Å². The molecule has 2 nitrogen and oxygen atoms in total. The van der Waals surface area contributed by atoms with Crippen LogP contribution in [0.4, 0.5) is 0 Å². The van der Waals surface area contributed by atoms with Crippen LogP contribution in [0.1, 0.15) is 6.92 Å². The summed E-state index contributed by atoms with van der Waals surface area (Å²) in [6, 6.07) is 0. The third-order valence-electron chi connectivity index (χ3n) is 1.32. The van der Waals surface area contributed by atoms with E-state index in [4.69, 9.17) is 0 Å². The van der Waals surface area contributed by atoms with E-state index < -0.39 is 0 Å². The molecule has 0 aromatic carbocycles. The van der Waals surface area contributed by atoms with Crippen molar-refractivity contribution in [3.8, 4) is 0 Å². The number of hydrogen-bond donors (Lipinski definition) is 0. The van der Waals surface area contributed by atoms with E-state index in [9.17, 15) is 0 Å². The maximum atomic E-state index is 4.16. The van der Waals surface area contributed by atoms with Crippen LogP contribution < -0.4 is 0 Å². The van der Waals surface area contributed by atoms with Crippen molar-refractivity contribution in [2.45, 2.75) is 6.92 Å². The summed E-state index contributed by atoms with van der Waals surface area (Å²) in [6.45, 7) is 7.57. The lowest BCUT2D eigenvalue weighted by Gasteiger charge is -2.09. The second kappa shape index (κ2) is 1.99. The molecule has 0 radical (unpaired) electrons. The molecule has 0 amide bonds. The van der Waals surface area contributed by atoms with Gasteiger partial charge in [0.25, 0.3) is 0 Å². The van der Waals surface area contributed by atoms with E-state index in [0.29, 0.717) is 0 Å². The lowest BCUT2D eigenvalue weighted by Crippen LogP contribution is -2.17. The molecule has 0 saturated heterocycles. The molecule has 0 fully saturated rings. The molecule has 0 N–H and O–H groups in total. The zero-order chi connectivity index (χ0) is 5.98. The van der Waals surface area contributed by atoms with Gasteiger partial charge in [-0.05, 0) is 13.1 Å². The molecule has 0 bridgehead atoms. The normalized spacial score (nSPS) is 18.6. The third-order valence-corrected chi connectivity index (χ3v) is 1.32. The average Bonchev–Trinajstić information content (AvgIpc) is 2.14. The predicted molar refractivity (Wildman–Crippen MR) is 34.9 cm³/mol. The topological polar surface area (TPSA) is 15.6 Å². The fourth-order valence-corrected chi connectivity index (χ4v) is 0.796. The maximum Gasteiger partial charge on any atom is 0.0998 e. The molecule has 0 saturated carbocycles. The Morgan fingerprint density at radius 1 is 1.88 bits per heavy atom. The van der Waals surface area contributed by atoms with Gasteiger partial charge in [0.05, 0.1) is 12.4 Å². The average molecular weight is 110 g/mol. The molecule has 1 heterocycles. The second-order valence-corrected chi connectivity index (χ2v) is 1.80. The minimum Gasteiger partial charge on any atom is -0.336 e. The van der Waals surface area contributed by atoms with Gasteiger partial charge >= 0.3 is 0 Å². The van der Waals surface area contributed by atoms with Gasteiger partial charge in [-0.15, -0.1) is 0 Å². The van der Waals surface area contributed by atoms with Crippen molar-refractivity contribution >= 4 is 5.84 Å². The fraction of sp³-hybridized carbons (Fsp3) is 0.500. The van der Waals surface area contributed by atoms with Crippen molar-refractivity contribution in [3.63, 3.8) is 0 Å².